The van der Waals surface area contributed by atoms with Crippen molar-refractivity contribution in [3.05, 3.63) is 35.0 Å². The maximum absolute atomic E-state index is 11.7. The van der Waals surface area contributed by atoms with Crippen LogP contribution in [0.1, 0.15) is 53.2 Å². The molecule has 0 aliphatic heterocycles. The van der Waals surface area contributed by atoms with E-state index in [4.69, 9.17) is 0 Å². The molecule has 1 fully saturated rings. The molecule has 0 spiro atoms. The van der Waals surface area contributed by atoms with Crippen LogP contribution in [-0.2, 0) is 11.8 Å². The maximum atomic E-state index is 11.7. The van der Waals surface area contributed by atoms with Gasteiger partial charge in [0.1, 0.15) is 11.5 Å². The van der Waals surface area contributed by atoms with Crippen LogP contribution in [-0.4, -0.2) is 21.4 Å². The number of nitrogens with zero attached hydrogens (tertiary/aromatic N) is 1. The van der Waals surface area contributed by atoms with Gasteiger partial charge in [-0.1, -0.05) is 11.6 Å². The second-order valence-electron chi connectivity index (χ2n) is 5.96. The lowest BCUT2D eigenvalue weighted by Crippen LogP contribution is -2.16. The fourth-order valence-corrected chi connectivity index (χ4v) is 3.49. The molecule has 1 N–H and O–H groups in total. The van der Waals surface area contributed by atoms with Crippen molar-refractivity contribution in [2.24, 2.45) is 7.05 Å². The average Bonchev–Trinajstić information content (AvgIpc) is 2.72. The second-order valence-corrected chi connectivity index (χ2v) is 5.96. The van der Waals surface area contributed by atoms with Crippen LogP contribution >= 0.6 is 0 Å². The molecule has 110 valence electrons. The van der Waals surface area contributed by atoms with E-state index in [2.05, 4.69) is 6.07 Å². The Hall–Kier alpha value is -2.10. The van der Waals surface area contributed by atoms with E-state index in [1.165, 1.54) is 0 Å². The molecule has 0 saturated heterocycles. The lowest BCUT2D eigenvalue weighted by Gasteiger charge is -2.21. The third-order valence-corrected chi connectivity index (χ3v) is 4.55. The number of hydrogen-bond donors (Lipinski definition) is 1. The van der Waals surface area contributed by atoms with E-state index in [9.17, 15) is 14.7 Å². The van der Waals surface area contributed by atoms with Crippen molar-refractivity contribution >= 4 is 22.7 Å². The minimum absolute atomic E-state index is 0.166. The average molecular weight is 285 g/mol. The lowest BCUT2D eigenvalue weighted by atomic mass is 9.82. The number of carbonyl (C=O) groups excluding carboxylic acids is 1. The number of rotatable bonds is 2. The van der Waals surface area contributed by atoms with E-state index in [1.54, 1.807) is 11.6 Å². The summed E-state index contributed by atoms with van der Waals surface area (Å²) in [6.07, 6.45) is 2.64. The van der Waals surface area contributed by atoms with Gasteiger partial charge in [0.05, 0.1) is 0 Å². The topological polar surface area (TPSA) is 59.3 Å². The molecule has 1 aromatic carbocycles. The van der Waals surface area contributed by atoms with Crippen molar-refractivity contribution in [2.75, 3.05) is 0 Å². The first-order chi connectivity index (χ1) is 9.99. The highest BCUT2D eigenvalue weighted by molar-refractivity contribution is 5.99. The molecule has 1 aliphatic carbocycles. The van der Waals surface area contributed by atoms with Crippen LogP contribution in [0.5, 0.6) is 0 Å². The molecule has 21 heavy (non-hydrogen) atoms. The summed E-state index contributed by atoms with van der Waals surface area (Å²) in [7, 11) is 1.80. The number of aryl methyl sites for hydroxylation is 2. The fourth-order valence-electron chi connectivity index (χ4n) is 3.49. The number of carboxylic acid groups (broad SMARTS) is 1. The SMILES string of the molecule is Cc1ccc2c(c1)c(C1CCC(=O)CC1)c(C(=O)O)n2C. The fraction of sp³-hybridized carbons (Fsp3) is 0.412. The normalized spacial score (nSPS) is 16.6. The largest absolute Gasteiger partial charge is 0.477 e. The smallest absolute Gasteiger partial charge is 0.352 e. The monoisotopic (exact) mass is 285 g/mol. The highest BCUT2D eigenvalue weighted by Crippen LogP contribution is 2.39. The molecule has 3 rings (SSSR count). The van der Waals surface area contributed by atoms with E-state index in [0.29, 0.717) is 24.3 Å². The molecule has 2 aromatic rings. The molecule has 4 heteroatoms. The van der Waals surface area contributed by atoms with E-state index >= 15 is 0 Å². The number of carbonyl (C=O) groups is 2. The minimum Gasteiger partial charge on any atom is -0.477 e. The Kier molecular flexibility index (Phi) is 3.32. The predicted octanol–water partition coefficient (Wildman–Crippen LogP) is 3.41. The van der Waals surface area contributed by atoms with Gasteiger partial charge in [0.2, 0.25) is 0 Å². The van der Waals surface area contributed by atoms with E-state index in [0.717, 1.165) is 34.9 Å². The van der Waals surface area contributed by atoms with Crippen LogP contribution in [0, 0.1) is 6.92 Å². The molecule has 0 bridgehead atoms. The molecular weight excluding hydrogens is 266 g/mol. The Morgan fingerprint density at radius 1 is 1.29 bits per heavy atom. The lowest BCUT2D eigenvalue weighted by molar-refractivity contribution is -0.120. The first-order valence-electron chi connectivity index (χ1n) is 7.33. The van der Waals surface area contributed by atoms with Gasteiger partial charge in [-0.2, -0.15) is 0 Å². The van der Waals surface area contributed by atoms with Gasteiger partial charge in [-0.3, -0.25) is 4.79 Å². The minimum atomic E-state index is -0.891. The third kappa shape index (κ3) is 2.24. The van der Waals surface area contributed by atoms with Gasteiger partial charge >= 0.3 is 5.97 Å². The van der Waals surface area contributed by atoms with E-state index in [-0.39, 0.29) is 5.92 Å². The standard InChI is InChI=1S/C17H19NO3/c1-10-3-8-14-13(9-10)15(16(17(20)21)18(14)2)11-4-6-12(19)7-5-11/h3,8-9,11H,4-7H2,1-2H3,(H,20,21). The van der Waals surface area contributed by atoms with Gasteiger partial charge < -0.3 is 9.67 Å². The summed E-state index contributed by atoms with van der Waals surface area (Å²) in [6, 6.07) is 6.05. The molecule has 0 unspecified atom stereocenters. The van der Waals surface area contributed by atoms with Crippen molar-refractivity contribution in [3.8, 4) is 0 Å². The van der Waals surface area contributed by atoms with Gasteiger partial charge in [-0.15, -0.1) is 0 Å². The zero-order valence-electron chi connectivity index (χ0n) is 12.3. The van der Waals surface area contributed by atoms with Gasteiger partial charge in [-0.05, 0) is 43.4 Å². The highest BCUT2D eigenvalue weighted by Gasteiger charge is 2.29. The van der Waals surface area contributed by atoms with Crippen molar-refractivity contribution < 1.29 is 14.7 Å². The summed E-state index contributed by atoms with van der Waals surface area (Å²) in [5.41, 5.74) is 3.36. The predicted molar refractivity (Wildman–Crippen MR) is 80.8 cm³/mol. The number of carboxylic acids is 1. The number of fused-ring (bicyclic) bond motifs is 1. The van der Waals surface area contributed by atoms with Gasteiger partial charge in [0.15, 0.2) is 0 Å². The number of ketones is 1. The number of Topliss-reactive ketones (excluding diaryl/α,β-unsaturated/α-hetero) is 1. The van der Waals surface area contributed by atoms with E-state index in [1.807, 2.05) is 19.1 Å². The summed E-state index contributed by atoms with van der Waals surface area (Å²) < 4.78 is 1.77. The number of aromatic nitrogens is 1. The first kappa shape index (κ1) is 13.9. The molecule has 1 heterocycles. The second kappa shape index (κ2) is 5.02. The van der Waals surface area contributed by atoms with Crippen molar-refractivity contribution in [1.29, 1.82) is 0 Å². The van der Waals surface area contributed by atoms with Crippen molar-refractivity contribution in [1.82, 2.24) is 4.57 Å². The Morgan fingerprint density at radius 2 is 1.95 bits per heavy atom. The van der Waals surface area contributed by atoms with E-state index < -0.39 is 5.97 Å². The van der Waals surface area contributed by atoms with Crippen LogP contribution < -0.4 is 0 Å². The van der Waals surface area contributed by atoms with Gasteiger partial charge in [0.25, 0.3) is 0 Å². The Bertz CT molecular complexity index is 732. The third-order valence-electron chi connectivity index (χ3n) is 4.55. The van der Waals surface area contributed by atoms with Crippen molar-refractivity contribution in [2.45, 2.75) is 38.5 Å². The van der Waals surface area contributed by atoms with Crippen LogP contribution in [0.15, 0.2) is 18.2 Å². The summed E-state index contributed by atoms with van der Waals surface area (Å²) in [6.45, 7) is 2.01. The van der Waals surface area contributed by atoms with Gasteiger partial charge in [-0.25, -0.2) is 4.79 Å². The number of benzene rings is 1. The zero-order chi connectivity index (χ0) is 15.1. The molecule has 1 aliphatic rings. The summed E-state index contributed by atoms with van der Waals surface area (Å²) >= 11 is 0. The quantitative estimate of drug-likeness (QED) is 0.919. The molecule has 0 radical (unpaired) electrons. The van der Waals surface area contributed by atoms with Crippen LogP contribution in [0.4, 0.5) is 0 Å². The Labute approximate surface area is 123 Å². The maximum Gasteiger partial charge on any atom is 0.352 e. The first-order valence-corrected chi connectivity index (χ1v) is 7.33. The highest BCUT2D eigenvalue weighted by atomic mass is 16.4. The molecule has 4 nitrogen and oxygen atoms in total. The summed E-state index contributed by atoms with van der Waals surface area (Å²) in [4.78, 5) is 23.2. The molecular formula is C17H19NO3. The Balaban J connectivity index is 2.23. The van der Waals surface area contributed by atoms with Gasteiger partial charge in [0, 0.05) is 30.8 Å². The number of aromatic carboxylic acids is 1. The van der Waals surface area contributed by atoms with Crippen LogP contribution in [0.3, 0.4) is 0 Å². The molecule has 0 atom stereocenters. The Morgan fingerprint density at radius 3 is 2.57 bits per heavy atom. The summed E-state index contributed by atoms with van der Waals surface area (Å²) in [5.74, 6) is -0.433. The molecule has 1 aromatic heterocycles. The van der Waals surface area contributed by atoms with Crippen LogP contribution in [0.2, 0.25) is 0 Å². The molecule has 0 amide bonds. The van der Waals surface area contributed by atoms with Crippen molar-refractivity contribution in [3.63, 3.8) is 0 Å². The van der Waals surface area contributed by atoms with Crippen LogP contribution in [0.25, 0.3) is 10.9 Å². The zero-order valence-corrected chi connectivity index (χ0v) is 12.3. The molecule has 1 saturated carbocycles. The number of hydrogen-bond acceptors (Lipinski definition) is 2. The summed E-state index contributed by atoms with van der Waals surface area (Å²) in [5, 5.41) is 10.6.